The molecule has 1 N–H and O–H groups in total. The van der Waals surface area contributed by atoms with Crippen molar-refractivity contribution >= 4 is 0 Å². The average molecular weight is 276 g/mol. The van der Waals surface area contributed by atoms with Crippen molar-refractivity contribution in [2.24, 2.45) is 11.8 Å². The Bertz CT molecular complexity index is 321. The summed E-state index contributed by atoms with van der Waals surface area (Å²) in [6, 6.07) is 0. The van der Waals surface area contributed by atoms with E-state index in [9.17, 15) is 5.11 Å². The Balaban J connectivity index is 1.62. The average Bonchev–Trinajstić information content (AvgIpc) is 2.49. The molecule has 1 unspecified atom stereocenters. The second kappa shape index (κ2) is 8.67. The monoisotopic (exact) mass is 276 g/mol. The zero-order valence-electron chi connectivity index (χ0n) is 13.2. The van der Waals surface area contributed by atoms with Gasteiger partial charge in [-0.05, 0) is 49.5 Å². The van der Waals surface area contributed by atoms with Crippen LogP contribution < -0.4 is 0 Å². The molecule has 0 aromatic rings. The number of hydrogen-bond acceptors (Lipinski definition) is 1. The summed E-state index contributed by atoms with van der Waals surface area (Å²) in [5.41, 5.74) is 1.50. The molecule has 0 bridgehead atoms. The van der Waals surface area contributed by atoms with Crippen molar-refractivity contribution in [1.29, 1.82) is 0 Å². The maximum atomic E-state index is 9.49. The molecular weight excluding hydrogens is 244 g/mol. The molecule has 0 heterocycles. The third kappa shape index (κ3) is 5.09. The van der Waals surface area contributed by atoms with Crippen molar-refractivity contribution < 1.29 is 5.11 Å². The minimum absolute atomic E-state index is 0.238. The highest BCUT2D eigenvalue weighted by Gasteiger charge is 2.23. The minimum atomic E-state index is -0.238. The summed E-state index contributed by atoms with van der Waals surface area (Å²) in [7, 11) is 0. The van der Waals surface area contributed by atoms with Crippen molar-refractivity contribution in [1.82, 2.24) is 0 Å². The van der Waals surface area contributed by atoms with Gasteiger partial charge in [0.25, 0.3) is 0 Å². The van der Waals surface area contributed by atoms with Gasteiger partial charge in [0.2, 0.25) is 0 Å². The van der Waals surface area contributed by atoms with Gasteiger partial charge in [-0.3, -0.25) is 0 Å². The lowest BCUT2D eigenvalue weighted by Crippen LogP contribution is -2.17. The lowest BCUT2D eigenvalue weighted by atomic mass is 9.76. The van der Waals surface area contributed by atoms with E-state index in [0.29, 0.717) is 0 Å². The zero-order chi connectivity index (χ0) is 14.2. The zero-order valence-corrected chi connectivity index (χ0v) is 13.2. The minimum Gasteiger partial charge on any atom is -0.389 e. The molecule has 1 saturated carbocycles. The van der Waals surface area contributed by atoms with Gasteiger partial charge in [0.05, 0.1) is 6.10 Å². The molecular formula is C19H32O. The maximum Gasteiger partial charge on any atom is 0.0758 e. The molecule has 0 aromatic carbocycles. The summed E-state index contributed by atoms with van der Waals surface area (Å²) in [6.45, 7) is 2.29. The second-order valence-corrected chi connectivity index (χ2v) is 6.79. The molecule has 20 heavy (non-hydrogen) atoms. The van der Waals surface area contributed by atoms with Crippen molar-refractivity contribution in [2.45, 2.75) is 83.7 Å². The third-order valence-electron chi connectivity index (χ3n) is 5.14. The first kappa shape index (κ1) is 15.8. The number of hydrogen-bond donors (Lipinski definition) is 1. The van der Waals surface area contributed by atoms with Crippen LogP contribution in [-0.2, 0) is 0 Å². The van der Waals surface area contributed by atoms with Crippen molar-refractivity contribution in [2.75, 3.05) is 0 Å². The van der Waals surface area contributed by atoms with Crippen LogP contribution in [0.2, 0.25) is 0 Å². The number of aliphatic hydroxyl groups excluding tert-OH is 1. The molecule has 1 heteroatoms. The van der Waals surface area contributed by atoms with Crippen LogP contribution in [0.1, 0.15) is 77.6 Å². The molecule has 0 amide bonds. The van der Waals surface area contributed by atoms with E-state index in [1.165, 1.54) is 69.8 Å². The number of allylic oxidation sites excluding steroid dienone is 2. The molecule has 2 aliphatic rings. The largest absolute Gasteiger partial charge is 0.389 e. The Labute approximate surface area is 125 Å². The number of aliphatic hydroxyl groups is 1. The first-order chi connectivity index (χ1) is 9.79. The highest BCUT2D eigenvalue weighted by Crippen LogP contribution is 2.37. The van der Waals surface area contributed by atoms with Crippen LogP contribution in [0, 0.1) is 11.8 Å². The Hall–Kier alpha value is -0.560. The summed E-state index contributed by atoms with van der Waals surface area (Å²) in [6.07, 6.45) is 21.1. The molecule has 0 radical (unpaired) electrons. The van der Waals surface area contributed by atoms with Crippen LogP contribution in [0.3, 0.4) is 0 Å². The molecule has 1 nitrogen and oxygen atoms in total. The van der Waals surface area contributed by atoms with Gasteiger partial charge in [0.15, 0.2) is 0 Å². The molecule has 2 aliphatic carbocycles. The Morgan fingerprint density at radius 3 is 2.45 bits per heavy atom. The number of rotatable bonds is 7. The summed E-state index contributed by atoms with van der Waals surface area (Å²) in [5.74, 6) is 1.77. The quantitative estimate of drug-likeness (QED) is 0.617. The van der Waals surface area contributed by atoms with E-state index in [-0.39, 0.29) is 6.10 Å². The van der Waals surface area contributed by atoms with Gasteiger partial charge in [0, 0.05) is 0 Å². The normalized spacial score (nSPS) is 30.3. The Morgan fingerprint density at radius 1 is 1.05 bits per heavy atom. The van der Waals surface area contributed by atoms with Crippen LogP contribution in [0.5, 0.6) is 0 Å². The molecule has 0 saturated heterocycles. The molecule has 0 aliphatic heterocycles. The fourth-order valence-electron chi connectivity index (χ4n) is 3.75. The van der Waals surface area contributed by atoms with Gasteiger partial charge in [-0.2, -0.15) is 0 Å². The molecule has 2 rings (SSSR count). The summed E-state index contributed by atoms with van der Waals surface area (Å²) >= 11 is 0. The lowest BCUT2D eigenvalue weighted by Gasteiger charge is -2.30. The predicted molar refractivity (Wildman–Crippen MR) is 86.7 cm³/mol. The van der Waals surface area contributed by atoms with E-state index in [1.54, 1.807) is 0 Å². The van der Waals surface area contributed by atoms with Crippen LogP contribution in [-0.4, -0.2) is 11.2 Å². The predicted octanol–water partition coefficient (Wildman–Crippen LogP) is 5.40. The summed E-state index contributed by atoms with van der Waals surface area (Å²) in [5, 5.41) is 9.49. The molecule has 1 fully saturated rings. The van der Waals surface area contributed by atoms with E-state index >= 15 is 0 Å². The van der Waals surface area contributed by atoms with E-state index < -0.39 is 0 Å². The van der Waals surface area contributed by atoms with Crippen molar-refractivity contribution in [3.8, 4) is 0 Å². The molecule has 1 atom stereocenters. The van der Waals surface area contributed by atoms with Crippen LogP contribution in [0.4, 0.5) is 0 Å². The van der Waals surface area contributed by atoms with Crippen molar-refractivity contribution in [3.63, 3.8) is 0 Å². The molecule has 0 aromatic heterocycles. The maximum absolute atomic E-state index is 9.49. The van der Waals surface area contributed by atoms with E-state index in [4.69, 9.17) is 0 Å². The van der Waals surface area contributed by atoms with Crippen molar-refractivity contribution in [3.05, 3.63) is 23.8 Å². The first-order valence-electron chi connectivity index (χ1n) is 8.86. The fourth-order valence-corrected chi connectivity index (χ4v) is 3.75. The van der Waals surface area contributed by atoms with E-state index in [2.05, 4.69) is 19.1 Å². The van der Waals surface area contributed by atoms with Gasteiger partial charge < -0.3 is 5.11 Å². The summed E-state index contributed by atoms with van der Waals surface area (Å²) < 4.78 is 0. The summed E-state index contributed by atoms with van der Waals surface area (Å²) in [4.78, 5) is 0. The lowest BCUT2D eigenvalue weighted by molar-refractivity contribution is 0.223. The van der Waals surface area contributed by atoms with Gasteiger partial charge in [-0.25, -0.2) is 0 Å². The Kier molecular flexibility index (Phi) is 6.86. The first-order valence-corrected chi connectivity index (χ1v) is 8.86. The highest BCUT2D eigenvalue weighted by molar-refractivity contribution is 5.27. The SMILES string of the molecule is CCCCCCCC1CCC(C2=CCC(O)C=C2)CC1. The van der Waals surface area contributed by atoms with Crippen LogP contribution >= 0.6 is 0 Å². The van der Waals surface area contributed by atoms with Gasteiger partial charge in [-0.15, -0.1) is 0 Å². The Morgan fingerprint density at radius 2 is 1.80 bits per heavy atom. The van der Waals surface area contributed by atoms with E-state index in [0.717, 1.165) is 18.3 Å². The molecule has 0 spiro atoms. The van der Waals surface area contributed by atoms with Gasteiger partial charge >= 0.3 is 0 Å². The van der Waals surface area contributed by atoms with E-state index in [1.807, 2.05) is 6.08 Å². The standard InChI is InChI=1S/C19H32O/c1-2-3-4-5-6-7-16-8-10-17(11-9-16)18-12-14-19(20)15-13-18/h12-14,16-17,19-20H,2-11,15H2,1H3. The van der Waals surface area contributed by atoms with Gasteiger partial charge in [0.1, 0.15) is 0 Å². The third-order valence-corrected chi connectivity index (χ3v) is 5.14. The van der Waals surface area contributed by atoms with Crippen LogP contribution in [0.25, 0.3) is 0 Å². The fraction of sp³-hybridized carbons (Fsp3) is 0.789. The topological polar surface area (TPSA) is 20.2 Å². The number of unbranched alkanes of at least 4 members (excludes halogenated alkanes) is 4. The molecule has 114 valence electrons. The highest BCUT2D eigenvalue weighted by atomic mass is 16.3. The van der Waals surface area contributed by atoms with Crippen LogP contribution in [0.15, 0.2) is 23.8 Å². The van der Waals surface area contributed by atoms with Gasteiger partial charge in [-0.1, -0.05) is 63.7 Å². The smallest absolute Gasteiger partial charge is 0.0758 e. The second-order valence-electron chi connectivity index (χ2n) is 6.79.